The molecule has 0 spiro atoms. The van der Waals surface area contributed by atoms with Crippen LogP contribution >= 0.6 is 0 Å². The number of hydrogen-bond acceptors (Lipinski definition) is 4. The van der Waals surface area contributed by atoms with Crippen molar-refractivity contribution in [3.05, 3.63) is 24.3 Å². The van der Waals surface area contributed by atoms with Crippen molar-refractivity contribution in [2.75, 3.05) is 64.9 Å². The summed E-state index contributed by atoms with van der Waals surface area (Å²) in [6, 6.07) is 8.05. The summed E-state index contributed by atoms with van der Waals surface area (Å²) in [4.78, 5) is 12.7. The van der Waals surface area contributed by atoms with E-state index < -0.39 is 0 Å². The number of anilines is 1. The maximum absolute atomic E-state index is 10.4. The number of quaternary nitrogens is 1. The summed E-state index contributed by atoms with van der Waals surface area (Å²) < 4.78 is 6.25. The predicted octanol–water partition coefficient (Wildman–Crippen LogP) is -1.90. The number of nitrogens with one attached hydrogen (secondary N) is 1. The van der Waals surface area contributed by atoms with Crippen LogP contribution in [0, 0.1) is 0 Å². The number of hydrogen-bond donors (Lipinski definition) is 2. The number of para-hydroxylation sites is 2. The molecular formula is C18H32ClN3O3. The third-order valence-corrected chi connectivity index (χ3v) is 4.46. The average Bonchev–Trinajstić information content (AvgIpc) is 2.60. The summed E-state index contributed by atoms with van der Waals surface area (Å²) in [5.41, 5.74) is 1.10. The molecule has 0 heterocycles. The highest BCUT2D eigenvalue weighted by molar-refractivity contribution is 5.58. The minimum atomic E-state index is 0. The van der Waals surface area contributed by atoms with E-state index >= 15 is 0 Å². The van der Waals surface area contributed by atoms with E-state index in [1.54, 1.807) is 7.11 Å². The highest BCUT2D eigenvalue weighted by atomic mass is 35.5. The predicted molar refractivity (Wildman–Crippen MR) is 97.4 cm³/mol. The fraction of sp³-hybridized carbons (Fsp3) is 0.611. The van der Waals surface area contributed by atoms with E-state index in [0.717, 1.165) is 54.9 Å². The van der Waals surface area contributed by atoms with Crippen molar-refractivity contribution in [1.82, 2.24) is 5.32 Å². The Morgan fingerprint density at radius 2 is 2.00 bits per heavy atom. The number of amides is 1. The zero-order valence-corrected chi connectivity index (χ0v) is 16.3. The number of methoxy groups -OCH3 is 1. The molecule has 0 aliphatic heterocycles. The van der Waals surface area contributed by atoms with Gasteiger partial charge >= 0.3 is 0 Å². The molecule has 25 heavy (non-hydrogen) atoms. The molecule has 0 saturated carbocycles. The van der Waals surface area contributed by atoms with Crippen LogP contribution < -0.4 is 27.4 Å². The molecule has 144 valence electrons. The number of aliphatic hydroxyl groups excluding tert-OH is 1. The van der Waals surface area contributed by atoms with Crippen molar-refractivity contribution >= 4 is 12.1 Å². The van der Waals surface area contributed by atoms with E-state index in [9.17, 15) is 9.90 Å². The van der Waals surface area contributed by atoms with E-state index in [1.807, 2.05) is 18.2 Å². The van der Waals surface area contributed by atoms with Crippen molar-refractivity contribution in [1.29, 1.82) is 0 Å². The largest absolute Gasteiger partial charge is 1.00 e. The Labute approximate surface area is 157 Å². The van der Waals surface area contributed by atoms with Gasteiger partial charge in [-0.15, -0.1) is 0 Å². The van der Waals surface area contributed by atoms with Crippen LogP contribution in [0.5, 0.6) is 5.75 Å². The quantitative estimate of drug-likeness (QED) is 0.241. The number of benzene rings is 1. The summed E-state index contributed by atoms with van der Waals surface area (Å²) >= 11 is 0. The highest BCUT2D eigenvalue weighted by Crippen LogP contribution is 2.27. The van der Waals surface area contributed by atoms with Gasteiger partial charge in [0.2, 0.25) is 6.41 Å². The summed E-state index contributed by atoms with van der Waals surface area (Å²) in [5.74, 6) is 0.880. The molecule has 0 bridgehead atoms. The molecule has 1 unspecified atom stereocenters. The molecule has 1 aromatic rings. The second kappa shape index (κ2) is 12.8. The van der Waals surface area contributed by atoms with Gasteiger partial charge in [-0.3, -0.25) is 4.79 Å². The second-order valence-corrected chi connectivity index (χ2v) is 6.19. The van der Waals surface area contributed by atoms with Gasteiger partial charge in [0.05, 0.1) is 46.1 Å². The lowest BCUT2D eigenvalue weighted by Gasteiger charge is -2.36. The zero-order chi connectivity index (χ0) is 17.8. The Kier molecular flexibility index (Phi) is 12.0. The smallest absolute Gasteiger partial charge is 0.207 e. The number of ether oxygens (including phenoxy) is 1. The van der Waals surface area contributed by atoms with Gasteiger partial charge in [-0.25, -0.2) is 0 Å². The molecule has 1 rings (SSSR count). The standard InChI is InChI=1S/C18H31N3O3.ClH/c1-4-20(17-8-5-6-9-18(17)24-3)11-13-21(2,14-15-22)12-7-10-19-16-23;/h5-6,8-9,16,22H,4,7,10-15H2,1-3H3;1H. The molecule has 6 nitrogen and oxygen atoms in total. The number of rotatable bonds is 13. The number of nitrogens with zero attached hydrogens (tertiary/aromatic N) is 2. The van der Waals surface area contributed by atoms with Crippen LogP contribution in [0.25, 0.3) is 0 Å². The van der Waals surface area contributed by atoms with Crippen molar-refractivity contribution in [2.24, 2.45) is 0 Å². The van der Waals surface area contributed by atoms with Gasteiger partial charge in [0.1, 0.15) is 12.3 Å². The second-order valence-electron chi connectivity index (χ2n) is 6.19. The van der Waals surface area contributed by atoms with E-state index in [4.69, 9.17) is 4.74 Å². The SMILES string of the molecule is CCN(CC[N+](C)(CCO)CCCNC=O)c1ccccc1OC.[Cl-]. The van der Waals surface area contributed by atoms with Gasteiger partial charge in [-0.05, 0) is 19.1 Å². The first-order valence-electron chi connectivity index (χ1n) is 8.59. The Morgan fingerprint density at radius 1 is 1.28 bits per heavy atom. The monoisotopic (exact) mass is 373 g/mol. The molecule has 1 atom stereocenters. The summed E-state index contributed by atoms with van der Waals surface area (Å²) in [6.45, 7) is 7.31. The molecule has 0 aliphatic carbocycles. The lowest BCUT2D eigenvalue weighted by molar-refractivity contribution is -0.908. The molecule has 0 aliphatic rings. The Morgan fingerprint density at radius 3 is 2.60 bits per heavy atom. The van der Waals surface area contributed by atoms with Gasteiger partial charge in [-0.2, -0.15) is 0 Å². The molecule has 0 fully saturated rings. The minimum absolute atomic E-state index is 0. The summed E-state index contributed by atoms with van der Waals surface area (Å²) in [5, 5.41) is 12.1. The summed E-state index contributed by atoms with van der Waals surface area (Å²) in [7, 11) is 3.85. The van der Waals surface area contributed by atoms with Gasteiger partial charge in [0.25, 0.3) is 0 Å². The topological polar surface area (TPSA) is 61.8 Å². The van der Waals surface area contributed by atoms with Crippen LogP contribution in [-0.2, 0) is 4.79 Å². The lowest BCUT2D eigenvalue weighted by Crippen LogP contribution is -3.00. The first-order valence-corrected chi connectivity index (χ1v) is 8.59. The highest BCUT2D eigenvalue weighted by Gasteiger charge is 2.22. The Bertz CT molecular complexity index is 490. The van der Waals surface area contributed by atoms with Gasteiger partial charge in [0.15, 0.2) is 0 Å². The molecule has 7 heteroatoms. The van der Waals surface area contributed by atoms with Crippen LogP contribution in [0.1, 0.15) is 13.3 Å². The van der Waals surface area contributed by atoms with Crippen molar-refractivity contribution < 1.29 is 31.5 Å². The molecule has 2 N–H and O–H groups in total. The molecule has 0 radical (unpaired) electrons. The average molecular weight is 374 g/mol. The van der Waals surface area contributed by atoms with E-state index in [2.05, 4.69) is 30.3 Å². The van der Waals surface area contributed by atoms with Crippen LogP contribution in [0.2, 0.25) is 0 Å². The maximum atomic E-state index is 10.4. The molecular weight excluding hydrogens is 342 g/mol. The fourth-order valence-corrected chi connectivity index (χ4v) is 2.90. The Hall–Kier alpha value is -1.50. The number of carbonyl (C=O) groups excluding carboxylic acids is 1. The minimum Gasteiger partial charge on any atom is -1.00 e. The van der Waals surface area contributed by atoms with E-state index in [-0.39, 0.29) is 19.0 Å². The van der Waals surface area contributed by atoms with Crippen molar-refractivity contribution in [3.8, 4) is 5.75 Å². The molecule has 1 amide bonds. The Balaban J connectivity index is 0.00000576. The van der Waals surface area contributed by atoms with E-state index in [1.165, 1.54) is 0 Å². The van der Waals surface area contributed by atoms with E-state index in [0.29, 0.717) is 13.1 Å². The number of halogens is 1. The number of likely N-dealkylation sites (N-methyl/N-ethyl adjacent to an activating group) is 2. The van der Waals surface area contributed by atoms with Gasteiger partial charge in [-0.1, -0.05) is 12.1 Å². The van der Waals surface area contributed by atoms with Crippen molar-refractivity contribution in [3.63, 3.8) is 0 Å². The van der Waals surface area contributed by atoms with Crippen LogP contribution in [0.15, 0.2) is 24.3 Å². The molecule has 1 aromatic carbocycles. The molecule has 0 aromatic heterocycles. The lowest BCUT2D eigenvalue weighted by atomic mass is 10.2. The number of aliphatic hydroxyl groups is 1. The van der Waals surface area contributed by atoms with Crippen LogP contribution in [0.3, 0.4) is 0 Å². The van der Waals surface area contributed by atoms with Crippen LogP contribution in [0.4, 0.5) is 5.69 Å². The fourth-order valence-electron chi connectivity index (χ4n) is 2.90. The third-order valence-electron chi connectivity index (χ3n) is 4.46. The zero-order valence-electron chi connectivity index (χ0n) is 15.6. The third kappa shape index (κ3) is 7.94. The first-order chi connectivity index (χ1) is 11.6. The summed E-state index contributed by atoms with van der Waals surface area (Å²) in [6.07, 6.45) is 1.63. The molecule has 0 saturated heterocycles. The maximum Gasteiger partial charge on any atom is 0.207 e. The van der Waals surface area contributed by atoms with Crippen LogP contribution in [-0.4, -0.2) is 76.0 Å². The van der Waals surface area contributed by atoms with Crippen molar-refractivity contribution in [2.45, 2.75) is 13.3 Å². The normalized spacial score (nSPS) is 12.6. The van der Waals surface area contributed by atoms with Gasteiger partial charge in [0, 0.05) is 19.5 Å². The van der Waals surface area contributed by atoms with Gasteiger partial charge < -0.3 is 37.0 Å². The first kappa shape index (κ1) is 23.5. The number of carbonyl (C=O) groups is 1.